The van der Waals surface area contributed by atoms with Crippen LogP contribution >= 0.6 is 0 Å². The first kappa shape index (κ1) is 28.8. The van der Waals surface area contributed by atoms with E-state index in [2.05, 4.69) is 33.8 Å². The number of pyridine rings is 2. The van der Waals surface area contributed by atoms with Gasteiger partial charge in [0.25, 0.3) is 11.5 Å². The van der Waals surface area contributed by atoms with Crippen molar-refractivity contribution in [1.29, 1.82) is 0 Å². The second kappa shape index (κ2) is 12.4. The summed E-state index contributed by atoms with van der Waals surface area (Å²) in [5, 5.41) is 4.95. The molecule has 0 radical (unpaired) electrons. The molecule has 1 atom stereocenters. The lowest BCUT2D eigenvalue weighted by Crippen LogP contribution is -2.23. The van der Waals surface area contributed by atoms with Gasteiger partial charge in [0.1, 0.15) is 17.4 Å². The molecule has 1 unspecified atom stereocenters. The first-order chi connectivity index (χ1) is 20.8. The van der Waals surface area contributed by atoms with Crippen LogP contribution in [0.25, 0.3) is 11.0 Å². The molecule has 5 rings (SSSR count). The predicted molar refractivity (Wildman–Crippen MR) is 157 cm³/mol. The summed E-state index contributed by atoms with van der Waals surface area (Å²) in [6.45, 7) is 0.417. The second-order valence-corrected chi connectivity index (χ2v) is 9.65. The maximum atomic E-state index is 14.8. The Kier molecular flexibility index (Phi) is 8.31. The minimum absolute atomic E-state index is 0.0114. The Hall–Kier alpha value is -5.74. The molecular weight excluding hydrogens is 552 g/mol. The van der Waals surface area contributed by atoms with Crippen LogP contribution in [0.2, 0.25) is 0 Å². The zero-order valence-corrected chi connectivity index (χ0v) is 23.3. The fraction of sp³-hybridized carbons (Fsp3) is 0.152. The van der Waals surface area contributed by atoms with Crippen LogP contribution in [-0.4, -0.2) is 32.3 Å². The molecule has 0 bridgehead atoms. The van der Waals surface area contributed by atoms with Crippen molar-refractivity contribution in [3.63, 3.8) is 0 Å². The van der Waals surface area contributed by atoms with Crippen molar-refractivity contribution in [1.82, 2.24) is 19.3 Å². The predicted octanol–water partition coefficient (Wildman–Crippen LogP) is 4.14. The Balaban J connectivity index is 1.48. The normalized spacial score (nSPS) is 11.3. The van der Waals surface area contributed by atoms with Crippen molar-refractivity contribution in [2.75, 3.05) is 7.11 Å². The molecule has 0 saturated heterocycles. The van der Waals surface area contributed by atoms with Gasteiger partial charge in [-0.3, -0.25) is 9.59 Å². The number of benzene rings is 2. The summed E-state index contributed by atoms with van der Waals surface area (Å²) in [5.41, 5.74) is 7.42. The fourth-order valence-electron chi connectivity index (χ4n) is 4.71. The lowest BCUT2D eigenvalue weighted by molar-refractivity contribution is 0.1000. The van der Waals surface area contributed by atoms with E-state index in [-0.39, 0.29) is 28.7 Å². The minimum atomic E-state index is -0.838. The summed E-state index contributed by atoms with van der Waals surface area (Å²) < 4.78 is 37.1. The van der Waals surface area contributed by atoms with E-state index in [1.165, 1.54) is 10.8 Å². The topological polar surface area (TPSA) is 105 Å². The van der Waals surface area contributed by atoms with Gasteiger partial charge < -0.3 is 15.0 Å². The molecule has 1 amide bonds. The molecule has 2 N–H and O–H groups in total. The maximum Gasteiger partial charge on any atom is 0.254 e. The van der Waals surface area contributed by atoms with Crippen molar-refractivity contribution >= 4 is 16.9 Å². The number of nitrogens with zero attached hydrogens (tertiary/aromatic N) is 4. The molecule has 0 saturated carbocycles. The van der Waals surface area contributed by atoms with Crippen LogP contribution in [0.3, 0.4) is 0 Å². The molecule has 0 aliphatic heterocycles. The molecule has 0 fully saturated rings. The quantitative estimate of drug-likeness (QED) is 0.293. The summed E-state index contributed by atoms with van der Waals surface area (Å²) in [6, 6.07) is 13.8. The molecule has 3 heterocycles. The number of hydrogen-bond donors (Lipinski definition) is 1. The van der Waals surface area contributed by atoms with Gasteiger partial charge >= 0.3 is 0 Å². The number of rotatable bonds is 7. The Labute approximate surface area is 245 Å². The number of aryl methyl sites for hydroxylation is 1. The van der Waals surface area contributed by atoms with Crippen LogP contribution in [0.4, 0.5) is 8.78 Å². The smallest absolute Gasteiger partial charge is 0.254 e. The summed E-state index contributed by atoms with van der Waals surface area (Å²) in [5.74, 6) is 9.09. The SMILES string of the molecule is COc1ccc(Cn2ncc3c(C#CC#CCC(c4cc(F)ccc4F)c4cccn(C)c4=O)c(C(N)=O)cnc32)cc1. The molecule has 43 heavy (non-hydrogen) atoms. The average Bonchev–Trinajstić information content (AvgIpc) is 3.41. The van der Waals surface area contributed by atoms with Crippen LogP contribution in [0.5, 0.6) is 5.75 Å². The highest BCUT2D eigenvalue weighted by atomic mass is 19.1. The number of carbonyl (C=O) groups is 1. The highest BCUT2D eigenvalue weighted by Crippen LogP contribution is 2.28. The van der Waals surface area contributed by atoms with Gasteiger partial charge in [0.2, 0.25) is 0 Å². The molecule has 10 heteroatoms. The molecule has 0 aliphatic carbocycles. The Morgan fingerprint density at radius 3 is 2.60 bits per heavy atom. The van der Waals surface area contributed by atoms with E-state index in [1.807, 2.05) is 24.3 Å². The fourth-order valence-corrected chi connectivity index (χ4v) is 4.71. The van der Waals surface area contributed by atoms with Crippen molar-refractivity contribution in [3.8, 4) is 29.4 Å². The third-order valence-electron chi connectivity index (χ3n) is 6.93. The average molecular weight is 578 g/mol. The zero-order chi connectivity index (χ0) is 30.5. The van der Waals surface area contributed by atoms with Crippen LogP contribution in [0.1, 0.15) is 45.0 Å². The van der Waals surface area contributed by atoms with Crippen LogP contribution in [0, 0.1) is 35.3 Å². The van der Waals surface area contributed by atoms with Gasteiger partial charge in [0.05, 0.1) is 36.4 Å². The summed E-state index contributed by atoms with van der Waals surface area (Å²) in [6.07, 6.45) is 4.47. The first-order valence-electron chi connectivity index (χ1n) is 13.1. The van der Waals surface area contributed by atoms with E-state index in [9.17, 15) is 18.4 Å². The monoisotopic (exact) mass is 577 g/mol. The summed E-state index contributed by atoms with van der Waals surface area (Å²) in [4.78, 5) is 29.4. The van der Waals surface area contributed by atoms with Crippen LogP contribution in [-0.2, 0) is 13.6 Å². The maximum absolute atomic E-state index is 14.8. The number of aromatic nitrogens is 4. The second-order valence-electron chi connectivity index (χ2n) is 9.65. The lowest BCUT2D eigenvalue weighted by atomic mass is 9.89. The third kappa shape index (κ3) is 6.14. The van der Waals surface area contributed by atoms with Crippen LogP contribution in [0.15, 0.2) is 78.0 Å². The van der Waals surface area contributed by atoms with Gasteiger partial charge in [-0.05, 0) is 59.4 Å². The number of fused-ring (bicyclic) bond motifs is 1. The first-order valence-corrected chi connectivity index (χ1v) is 13.1. The van der Waals surface area contributed by atoms with E-state index >= 15 is 0 Å². The number of carbonyl (C=O) groups excluding carboxylic acids is 1. The number of halogens is 2. The standard InChI is InChI=1S/C33H25F2N5O3/c1-39-16-6-9-26(33(39)42)24(27-17-22(34)12-15-30(27)35)7-4-3-5-8-25-28(31(36)41)18-37-32-29(25)19-38-40(32)20-21-10-13-23(43-2)14-11-21/h6,9-19,24H,7,20H2,1-2H3,(H2,36,41). The van der Waals surface area contributed by atoms with Gasteiger partial charge in [0, 0.05) is 37.3 Å². The molecule has 3 aromatic heterocycles. The van der Waals surface area contributed by atoms with E-state index in [0.29, 0.717) is 23.1 Å². The number of ether oxygens (including phenoxy) is 1. The third-order valence-corrected chi connectivity index (χ3v) is 6.93. The minimum Gasteiger partial charge on any atom is -0.497 e. The van der Waals surface area contributed by atoms with Crippen molar-refractivity contribution in [2.24, 2.45) is 12.8 Å². The number of methoxy groups -OCH3 is 1. The number of nitrogens with two attached hydrogens (primary N) is 1. The highest BCUT2D eigenvalue weighted by molar-refractivity contribution is 6.00. The van der Waals surface area contributed by atoms with Crippen molar-refractivity contribution < 1.29 is 18.3 Å². The van der Waals surface area contributed by atoms with Crippen LogP contribution < -0.4 is 16.0 Å². The summed E-state index contributed by atoms with van der Waals surface area (Å²) >= 11 is 0. The molecule has 214 valence electrons. The van der Waals surface area contributed by atoms with Gasteiger partial charge in [-0.2, -0.15) is 5.10 Å². The Morgan fingerprint density at radius 1 is 1.07 bits per heavy atom. The zero-order valence-electron chi connectivity index (χ0n) is 23.3. The van der Waals surface area contributed by atoms with E-state index in [1.54, 1.807) is 43.4 Å². The Morgan fingerprint density at radius 2 is 1.86 bits per heavy atom. The van der Waals surface area contributed by atoms with E-state index < -0.39 is 23.5 Å². The van der Waals surface area contributed by atoms with E-state index in [4.69, 9.17) is 10.5 Å². The van der Waals surface area contributed by atoms with Gasteiger partial charge in [0.15, 0.2) is 5.65 Å². The van der Waals surface area contributed by atoms with E-state index in [0.717, 1.165) is 29.5 Å². The van der Waals surface area contributed by atoms with Gasteiger partial charge in [-0.25, -0.2) is 18.4 Å². The number of hydrogen-bond acceptors (Lipinski definition) is 5. The molecule has 5 aromatic rings. The number of amides is 1. The molecule has 0 aliphatic rings. The van der Waals surface area contributed by atoms with Gasteiger partial charge in [-0.15, -0.1) is 0 Å². The molecule has 2 aromatic carbocycles. The largest absolute Gasteiger partial charge is 0.497 e. The lowest BCUT2D eigenvalue weighted by Gasteiger charge is -2.16. The van der Waals surface area contributed by atoms with Crippen molar-refractivity contribution in [3.05, 3.63) is 123 Å². The molecule has 8 nitrogen and oxygen atoms in total. The molecular formula is C33H25F2N5O3. The highest BCUT2D eigenvalue weighted by Gasteiger charge is 2.21. The Bertz CT molecular complexity index is 2030. The van der Waals surface area contributed by atoms with Crippen molar-refractivity contribution in [2.45, 2.75) is 18.9 Å². The van der Waals surface area contributed by atoms with Gasteiger partial charge in [-0.1, -0.05) is 30.0 Å². The number of primary amides is 1. The molecule has 0 spiro atoms. The summed E-state index contributed by atoms with van der Waals surface area (Å²) in [7, 11) is 3.17.